The first-order valence-electron chi connectivity index (χ1n) is 7.18. The van der Waals surface area contributed by atoms with Crippen LogP contribution in [-0.4, -0.2) is 19.6 Å². The largest absolute Gasteiger partial charge is 0.253 e. The van der Waals surface area contributed by atoms with Gasteiger partial charge >= 0.3 is 0 Å². The Bertz CT molecular complexity index is 964. The zero-order valence-electron chi connectivity index (χ0n) is 12.9. The molecule has 0 aliphatic heterocycles. The molecule has 1 heterocycles. The van der Waals surface area contributed by atoms with E-state index in [0.717, 1.165) is 5.69 Å². The van der Waals surface area contributed by atoms with Crippen LogP contribution < -0.4 is 5.43 Å². The number of benzene rings is 2. The highest BCUT2D eigenvalue weighted by Gasteiger charge is 2.19. The summed E-state index contributed by atoms with van der Waals surface area (Å²) < 4.78 is 25.6. The topological polar surface area (TPSA) is 71.4 Å². The number of sulfone groups is 1. The van der Waals surface area contributed by atoms with Gasteiger partial charge in [-0.15, -0.1) is 11.3 Å². The minimum absolute atomic E-state index is 0.220. The first-order valence-corrected chi connectivity index (χ1v) is 9.54. The molecule has 0 bridgehead atoms. The summed E-state index contributed by atoms with van der Waals surface area (Å²) in [5.74, 6) is 0. The molecule has 1 N–H and O–H groups in total. The molecular formula is C17H15N3O2S2. The maximum Gasteiger partial charge on any atom is 0.207 e. The lowest BCUT2D eigenvalue weighted by Crippen LogP contribution is -2.05. The Morgan fingerprint density at radius 1 is 1.08 bits per heavy atom. The van der Waals surface area contributed by atoms with E-state index in [1.807, 2.05) is 12.3 Å². The second-order valence-corrected chi connectivity index (χ2v) is 7.79. The van der Waals surface area contributed by atoms with Gasteiger partial charge in [-0.05, 0) is 25.1 Å². The van der Waals surface area contributed by atoms with Crippen LogP contribution in [0.3, 0.4) is 0 Å². The lowest BCUT2D eigenvalue weighted by atomic mass is 10.2. The van der Waals surface area contributed by atoms with Crippen LogP contribution in [0.25, 0.3) is 0 Å². The highest BCUT2D eigenvalue weighted by Crippen LogP contribution is 2.23. The van der Waals surface area contributed by atoms with Gasteiger partial charge in [0.2, 0.25) is 15.0 Å². The van der Waals surface area contributed by atoms with Crippen LogP contribution in [0.4, 0.5) is 5.13 Å². The fourth-order valence-corrected chi connectivity index (χ4v) is 4.22. The Morgan fingerprint density at radius 3 is 2.50 bits per heavy atom. The second-order valence-electron chi connectivity index (χ2n) is 5.02. The zero-order valence-corrected chi connectivity index (χ0v) is 14.5. The third-order valence-electron chi connectivity index (χ3n) is 3.24. The first kappa shape index (κ1) is 16.4. The second kappa shape index (κ2) is 6.94. The summed E-state index contributed by atoms with van der Waals surface area (Å²) in [6.07, 6.45) is 1.49. The molecular weight excluding hydrogens is 342 g/mol. The molecule has 0 amide bonds. The Labute approximate surface area is 144 Å². The van der Waals surface area contributed by atoms with Crippen LogP contribution in [0, 0.1) is 6.92 Å². The minimum atomic E-state index is -3.59. The number of hydrogen-bond acceptors (Lipinski definition) is 6. The Hall–Kier alpha value is -2.51. The molecule has 0 radical (unpaired) electrons. The van der Waals surface area contributed by atoms with E-state index in [-0.39, 0.29) is 9.79 Å². The molecule has 2 aromatic carbocycles. The molecule has 7 heteroatoms. The molecule has 0 atom stereocenters. The van der Waals surface area contributed by atoms with Crippen molar-refractivity contribution in [2.24, 2.45) is 5.10 Å². The van der Waals surface area contributed by atoms with Gasteiger partial charge in [0.15, 0.2) is 0 Å². The van der Waals surface area contributed by atoms with E-state index < -0.39 is 9.84 Å². The van der Waals surface area contributed by atoms with Crippen molar-refractivity contribution in [1.82, 2.24) is 4.98 Å². The minimum Gasteiger partial charge on any atom is -0.253 e. The monoisotopic (exact) mass is 357 g/mol. The molecule has 1 aromatic heterocycles. The normalized spacial score (nSPS) is 11.7. The van der Waals surface area contributed by atoms with Crippen LogP contribution >= 0.6 is 11.3 Å². The third-order valence-corrected chi connectivity index (χ3v) is 5.95. The zero-order chi connectivity index (χ0) is 17.0. The number of nitrogens with one attached hydrogen (secondary N) is 1. The summed E-state index contributed by atoms with van der Waals surface area (Å²) in [7, 11) is -3.59. The molecule has 5 nitrogen and oxygen atoms in total. The summed E-state index contributed by atoms with van der Waals surface area (Å²) in [4.78, 5) is 4.71. The molecule has 24 heavy (non-hydrogen) atoms. The highest BCUT2D eigenvalue weighted by atomic mass is 32.2. The Kier molecular flexibility index (Phi) is 4.73. The predicted octanol–water partition coefficient (Wildman–Crippen LogP) is 3.73. The maximum atomic E-state index is 12.8. The number of nitrogens with zero attached hydrogens (tertiary/aromatic N) is 2. The number of rotatable bonds is 5. The van der Waals surface area contributed by atoms with E-state index in [9.17, 15) is 8.42 Å². The standard InChI is InChI=1S/C17H15N3O2S2/c1-13-12-23-17(19-13)20-18-11-14-7-5-6-10-16(14)24(21,22)15-8-3-2-4-9-15/h2-12H,1H3,(H,19,20). The molecule has 0 aliphatic carbocycles. The molecule has 122 valence electrons. The number of aromatic nitrogens is 1. The molecule has 0 fully saturated rings. The van der Waals surface area contributed by atoms with Crippen molar-refractivity contribution >= 4 is 32.5 Å². The molecule has 3 rings (SSSR count). The summed E-state index contributed by atoms with van der Waals surface area (Å²) in [6, 6.07) is 15.1. The van der Waals surface area contributed by atoms with Gasteiger partial charge in [-0.25, -0.2) is 13.4 Å². The Balaban J connectivity index is 1.91. The van der Waals surface area contributed by atoms with E-state index in [2.05, 4.69) is 15.5 Å². The fourth-order valence-electron chi connectivity index (χ4n) is 2.12. The van der Waals surface area contributed by atoms with Crippen molar-refractivity contribution in [1.29, 1.82) is 0 Å². The van der Waals surface area contributed by atoms with E-state index in [1.54, 1.807) is 54.6 Å². The van der Waals surface area contributed by atoms with Crippen molar-refractivity contribution in [3.8, 4) is 0 Å². The summed E-state index contributed by atoms with van der Waals surface area (Å²) in [6.45, 7) is 1.90. The predicted molar refractivity (Wildman–Crippen MR) is 96.4 cm³/mol. The summed E-state index contributed by atoms with van der Waals surface area (Å²) in [5, 5.41) is 6.67. The fraction of sp³-hybridized carbons (Fsp3) is 0.0588. The van der Waals surface area contributed by atoms with Crippen LogP contribution in [0.2, 0.25) is 0 Å². The number of hydrazone groups is 1. The average molecular weight is 357 g/mol. The van der Waals surface area contributed by atoms with Crippen molar-refractivity contribution in [2.45, 2.75) is 16.7 Å². The van der Waals surface area contributed by atoms with Gasteiger partial charge in [-0.2, -0.15) is 5.10 Å². The van der Waals surface area contributed by atoms with E-state index in [4.69, 9.17) is 0 Å². The molecule has 0 spiro atoms. The molecule has 0 unspecified atom stereocenters. The maximum absolute atomic E-state index is 12.8. The van der Waals surface area contributed by atoms with E-state index in [0.29, 0.717) is 10.7 Å². The van der Waals surface area contributed by atoms with Gasteiger partial charge in [-0.3, -0.25) is 5.43 Å². The van der Waals surface area contributed by atoms with Gasteiger partial charge < -0.3 is 0 Å². The van der Waals surface area contributed by atoms with E-state index >= 15 is 0 Å². The molecule has 0 saturated heterocycles. The van der Waals surface area contributed by atoms with Gasteiger partial charge in [0, 0.05) is 10.9 Å². The van der Waals surface area contributed by atoms with Crippen LogP contribution in [0.15, 0.2) is 74.9 Å². The Morgan fingerprint density at radius 2 is 1.79 bits per heavy atom. The average Bonchev–Trinajstić information content (AvgIpc) is 3.01. The van der Waals surface area contributed by atoms with Crippen molar-refractivity contribution < 1.29 is 8.42 Å². The van der Waals surface area contributed by atoms with Gasteiger partial charge in [0.1, 0.15) is 0 Å². The summed E-state index contributed by atoms with van der Waals surface area (Å²) >= 11 is 1.44. The number of hydrogen-bond donors (Lipinski definition) is 1. The van der Waals surface area contributed by atoms with Crippen LogP contribution in [-0.2, 0) is 9.84 Å². The lowest BCUT2D eigenvalue weighted by Gasteiger charge is -2.07. The SMILES string of the molecule is Cc1csc(NN=Cc2ccccc2S(=O)(=O)c2ccccc2)n1. The number of anilines is 1. The first-order chi connectivity index (χ1) is 11.6. The number of aryl methyl sites for hydroxylation is 1. The smallest absolute Gasteiger partial charge is 0.207 e. The molecule has 0 aliphatic rings. The van der Waals surface area contributed by atoms with Gasteiger partial charge in [0.05, 0.1) is 21.7 Å². The summed E-state index contributed by atoms with van der Waals surface area (Å²) in [5.41, 5.74) is 4.24. The van der Waals surface area contributed by atoms with E-state index in [1.165, 1.54) is 17.6 Å². The van der Waals surface area contributed by atoms with Gasteiger partial charge in [-0.1, -0.05) is 36.4 Å². The number of thiazole rings is 1. The lowest BCUT2D eigenvalue weighted by molar-refractivity contribution is 0.596. The van der Waals surface area contributed by atoms with Crippen LogP contribution in [0.1, 0.15) is 11.3 Å². The molecule has 0 saturated carbocycles. The van der Waals surface area contributed by atoms with Crippen molar-refractivity contribution in [3.63, 3.8) is 0 Å². The van der Waals surface area contributed by atoms with Crippen molar-refractivity contribution in [3.05, 3.63) is 71.2 Å². The quantitative estimate of drug-likeness (QED) is 0.558. The van der Waals surface area contributed by atoms with Crippen molar-refractivity contribution in [2.75, 3.05) is 5.43 Å². The highest BCUT2D eigenvalue weighted by molar-refractivity contribution is 7.91. The van der Waals surface area contributed by atoms with Crippen LogP contribution in [0.5, 0.6) is 0 Å². The van der Waals surface area contributed by atoms with Gasteiger partial charge in [0.25, 0.3) is 0 Å². The third kappa shape index (κ3) is 3.52. The molecule has 3 aromatic rings.